The standard InChI is InChI=1S/C18H24N2O4/c1-12-10-19(11-13(2)24-12)18(23)15-7-5-9-20(15)17(22)14-6-3-4-8-16(14)21/h3-4,6,8,12-13,15,21H,5,7,9-11H2,1-2H3/t12-,13-,15+/m1/s1. The van der Waals surface area contributed by atoms with Gasteiger partial charge in [-0.2, -0.15) is 0 Å². The molecule has 3 atom stereocenters. The molecule has 2 amide bonds. The van der Waals surface area contributed by atoms with Gasteiger partial charge in [0.2, 0.25) is 5.91 Å². The smallest absolute Gasteiger partial charge is 0.258 e. The molecule has 2 fully saturated rings. The monoisotopic (exact) mass is 332 g/mol. The Morgan fingerprint density at radius 1 is 1.17 bits per heavy atom. The van der Waals surface area contributed by atoms with Crippen molar-refractivity contribution in [2.75, 3.05) is 19.6 Å². The molecule has 3 rings (SSSR count). The van der Waals surface area contributed by atoms with Gasteiger partial charge in [0.25, 0.3) is 5.91 Å². The first-order valence-corrected chi connectivity index (χ1v) is 8.50. The van der Waals surface area contributed by atoms with Gasteiger partial charge >= 0.3 is 0 Å². The zero-order valence-corrected chi connectivity index (χ0v) is 14.1. The number of phenolic OH excluding ortho intramolecular Hbond substituents is 1. The number of aromatic hydroxyl groups is 1. The van der Waals surface area contributed by atoms with Gasteiger partial charge < -0.3 is 19.6 Å². The number of morpholine rings is 1. The molecule has 0 aliphatic carbocycles. The predicted octanol–water partition coefficient (Wildman–Crippen LogP) is 1.63. The summed E-state index contributed by atoms with van der Waals surface area (Å²) in [6.45, 7) is 5.56. The minimum Gasteiger partial charge on any atom is -0.507 e. The second kappa shape index (κ2) is 6.81. The Kier molecular flexibility index (Phi) is 4.76. The average Bonchev–Trinajstić information content (AvgIpc) is 3.02. The molecule has 2 saturated heterocycles. The summed E-state index contributed by atoms with van der Waals surface area (Å²) in [6, 6.07) is 6.03. The van der Waals surface area contributed by atoms with E-state index in [1.165, 1.54) is 6.07 Å². The summed E-state index contributed by atoms with van der Waals surface area (Å²) in [6.07, 6.45) is 1.46. The molecule has 6 heteroatoms. The number of likely N-dealkylation sites (tertiary alicyclic amines) is 1. The van der Waals surface area contributed by atoms with Gasteiger partial charge in [-0.25, -0.2) is 0 Å². The van der Waals surface area contributed by atoms with Crippen molar-refractivity contribution in [1.82, 2.24) is 9.80 Å². The van der Waals surface area contributed by atoms with Gasteiger partial charge in [0.05, 0.1) is 17.8 Å². The van der Waals surface area contributed by atoms with Gasteiger partial charge in [0.15, 0.2) is 0 Å². The maximum atomic E-state index is 12.9. The normalized spacial score (nSPS) is 27.3. The van der Waals surface area contributed by atoms with E-state index in [2.05, 4.69) is 0 Å². The SMILES string of the molecule is C[C@@H]1CN(C(=O)[C@@H]2CCCN2C(=O)c2ccccc2O)C[C@@H](C)O1. The average molecular weight is 332 g/mol. The van der Waals surface area contributed by atoms with Crippen molar-refractivity contribution in [3.8, 4) is 5.75 Å². The number of para-hydroxylation sites is 1. The maximum Gasteiger partial charge on any atom is 0.258 e. The molecule has 130 valence electrons. The lowest BCUT2D eigenvalue weighted by molar-refractivity contribution is -0.147. The molecule has 1 aromatic rings. The van der Waals surface area contributed by atoms with Crippen LogP contribution >= 0.6 is 0 Å². The summed E-state index contributed by atoms with van der Waals surface area (Å²) < 4.78 is 5.68. The summed E-state index contributed by atoms with van der Waals surface area (Å²) in [5.74, 6) is -0.342. The lowest BCUT2D eigenvalue weighted by Gasteiger charge is -2.38. The zero-order valence-electron chi connectivity index (χ0n) is 14.1. The molecule has 2 heterocycles. The lowest BCUT2D eigenvalue weighted by atomic mass is 10.1. The van der Waals surface area contributed by atoms with E-state index in [-0.39, 0.29) is 35.3 Å². The Hall–Kier alpha value is -2.08. The Bertz CT molecular complexity index is 623. The number of hydrogen-bond acceptors (Lipinski definition) is 4. The highest BCUT2D eigenvalue weighted by Crippen LogP contribution is 2.26. The Morgan fingerprint density at radius 2 is 1.83 bits per heavy atom. The van der Waals surface area contributed by atoms with Crippen molar-refractivity contribution in [3.05, 3.63) is 29.8 Å². The second-order valence-corrected chi connectivity index (χ2v) is 6.67. The molecule has 0 bridgehead atoms. The fourth-order valence-electron chi connectivity index (χ4n) is 3.64. The van der Waals surface area contributed by atoms with Crippen LogP contribution in [0.1, 0.15) is 37.0 Å². The van der Waals surface area contributed by atoms with E-state index < -0.39 is 6.04 Å². The number of benzene rings is 1. The van der Waals surface area contributed by atoms with Gasteiger partial charge in [0, 0.05) is 19.6 Å². The molecule has 2 aliphatic rings. The highest BCUT2D eigenvalue weighted by molar-refractivity contribution is 5.99. The molecule has 0 saturated carbocycles. The van der Waals surface area contributed by atoms with Gasteiger partial charge in [-0.1, -0.05) is 12.1 Å². The number of hydrogen-bond donors (Lipinski definition) is 1. The molecule has 1 aromatic carbocycles. The largest absolute Gasteiger partial charge is 0.507 e. The van der Waals surface area contributed by atoms with Crippen molar-refractivity contribution in [3.63, 3.8) is 0 Å². The van der Waals surface area contributed by atoms with Crippen LogP contribution in [0.5, 0.6) is 5.75 Å². The summed E-state index contributed by atoms with van der Waals surface area (Å²) in [7, 11) is 0. The van der Waals surface area contributed by atoms with Crippen LogP contribution in [-0.4, -0.2) is 64.6 Å². The first kappa shape index (κ1) is 16.8. The van der Waals surface area contributed by atoms with Crippen LogP contribution in [-0.2, 0) is 9.53 Å². The molecule has 6 nitrogen and oxygen atoms in total. The maximum absolute atomic E-state index is 12.9. The van der Waals surface area contributed by atoms with Crippen LogP contribution in [0.25, 0.3) is 0 Å². The number of phenols is 1. The number of amides is 2. The van der Waals surface area contributed by atoms with Gasteiger partial charge in [-0.05, 0) is 38.8 Å². The third kappa shape index (κ3) is 3.24. The third-order valence-electron chi connectivity index (χ3n) is 4.66. The summed E-state index contributed by atoms with van der Waals surface area (Å²) >= 11 is 0. The molecule has 1 N–H and O–H groups in total. The van der Waals surface area contributed by atoms with Crippen LogP contribution in [0.3, 0.4) is 0 Å². The van der Waals surface area contributed by atoms with Crippen molar-refractivity contribution in [2.45, 2.75) is 44.9 Å². The topological polar surface area (TPSA) is 70.1 Å². The highest BCUT2D eigenvalue weighted by Gasteiger charge is 2.39. The molecular weight excluding hydrogens is 308 g/mol. The van der Waals surface area contributed by atoms with Crippen LogP contribution in [0.2, 0.25) is 0 Å². The zero-order chi connectivity index (χ0) is 17.3. The van der Waals surface area contributed by atoms with Crippen molar-refractivity contribution in [2.24, 2.45) is 0 Å². The second-order valence-electron chi connectivity index (χ2n) is 6.67. The van der Waals surface area contributed by atoms with Crippen LogP contribution in [0.15, 0.2) is 24.3 Å². The van der Waals surface area contributed by atoms with Crippen molar-refractivity contribution < 1.29 is 19.4 Å². The lowest BCUT2D eigenvalue weighted by Crippen LogP contribution is -2.54. The Balaban J connectivity index is 1.77. The van der Waals surface area contributed by atoms with Crippen LogP contribution in [0, 0.1) is 0 Å². The molecular formula is C18H24N2O4. The van der Waals surface area contributed by atoms with E-state index in [9.17, 15) is 14.7 Å². The molecule has 0 radical (unpaired) electrons. The van der Waals surface area contributed by atoms with Crippen molar-refractivity contribution in [1.29, 1.82) is 0 Å². The van der Waals surface area contributed by atoms with Crippen LogP contribution in [0.4, 0.5) is 0 Å². The van der Waals surface area contributed by atoms with E-state index >= 15 is 0 Å². The minimum atomic E-state index is -0.449. The van der Waals surface area contributed by atoms with E-state index in [0.717, 1.165) is 6.42 Å². The van der Waals surface area contributed by atoms with Gasteiger partial charge in [-0.3, -0.25) is 9.59 Å². The number of ether oxygens (including phenoxy) is 1. The quantitative estimate of drug-likeness (QED) is 0.894. The Morgan fingerprint density at radius 3 is 2.50 bits per heavy atom. The first-order chi connectivity index (χ1) is 11.5. The number of carbonyl (C=O) groups is 2. The molecule has 0 unspecified atom stereocenters. The third-order valence-corrected chi connectivity index (χ3v) is 4.66. The summed E-state index contributed by atoms with van der Waals surface area (Å²) in [4.78, 5) is 29.1. The molecule has 24 heavy (non-hydrogen) atoms. The predicted molar refractivity (Wildman–Crippen MR) is 88.8 cm³/mol. The van der Waals surface area contributed by atoms with Gasteiger partial charge in [-0.15, -0.1) is 0 Å². The van der Waals surface area contributed by atoms with E-state index in [0.29, 0.717) is 26.1 Å². The summed E-state index contributed by atoms with van der Waals surface area (Å²) in [5.41, 5.74) is 0.251. The van der Waals surface area contributed by atoms with E-state index in [1.54, 1.807) is 28.0 Å². The number of nitrogens with zero attached hydrogens (tertiary/aromatic N) is 2. The molecule has 2 aliphatic heterocycles. The molecule has 0 aromatic heterocycles. The van der Waals surface area contributed by atoms with Crippen LogP contribution < -0.4 is 0 Å². The fraction of sp³-hybridized carbons (Fsp3) is 0.556. The first-order valence-electron chi connectivity index (χ1n) is 8.50. The number of carbonyl (C=O) groups excluding carboxylic acids is 2. The fourth-order valence-corrected chi connectivity index (χ4v) is 3.64. The van der Waals surface area contributed by atoms with Crippen molar-refractivity contribution >= 4 is 11.8 Å². The Labute approximate surface area is 142 Å². The highest BCUT2D eigenvalue weighted by atomic mass is 16.5. The minimum absolute atomic E-state index is 0.00132. The van der Waals surface area contributed by atoms with E-state index in [1.807, 2.05) is 13.8 Å². The van der Waals surface area contributed by atoms with Gasteiger partial charge in [0.1, 0.15) is 11.8 Å². The van der Waals surface area contributed by atoms with E-state index in [4.69, 9.17) is 4.74 Å². The number of rotatable bonds is 2. The molecule has 0 spiro atoms. The summed E-state index contributed by atoms with van der Waals surface area (Å²) in [5, 5.41) is 9.92.